The number of unbranched alkanes of at least 4 members (excludes halogenated alkanes) is 33. The molecule has 0 saturated carbocycles. The third-order valence-electron chi connectivity index (χ3n) is 12.8. The summed E-state index contributed by atoms with van der Waals surface area (Å²) in [5, 5.41) is 65.2. The van der Waals surface area contributed by atoms with Gasteiger partial charge in [0.05, 0.1) is 25.4 Å². The highest BCUT2D eigenvalue weighted by Gasteiger charge is 2.44. The Kier molecular flexibility index (Phi) is 39.0. The lowest BCUT2D eigenvalue weighted by Crippen LogP contribution is -2.60. The van der Waals surface area contributed by atoms with Gasteiger partial charge in [-0.25, -0.2) is 0 Å². The minimum atomic E-state index is -1.60. The first-order valence-electron chi connectivity index (χ1n) is 25.8. The van der Waals surface area contributed by atoms with E-state index in [4.69, 9.17) is 9.47 Å². The lowest BCUT2D eigenvalue weighted by atomic mass is 9.98. The molecule has 1 aliphatic heterocycles. The minimum absolute atomic E-state index is 0.253. The lowest BCUT2D eigenvalue weighted by Gasteiger charge is -2.40. The Morgan fingerprint density at radius 1 is 0.517 bits per heavy atom. The summed E-state index contributed by atoms with van der Waals surface area (Å²) in [7, 11) is 0. The maximum absolute atomic E-state index is 13.0. The van der Waals surface area contributed by atoms with Crippen LogP contribution in [0, 0.1) is 0 Å². The number of amides is 1. The van der Waals surface area contributed by atoms with E-state index < -0.39 is 55.6 Å². The summed E-state index contributed by atoms with van der Waals surface area (Å²) in [4.78, 5) is 13.0. The van der Waals surface area contributed by atoms with Gasteiger partial charge in [0.1, 0.15) is 30.5 Å². The quantitative estimate of drug-likeness (QED) is 0.0295. The van der Waals surface area contributed by atoms with Gasteiger partial charge in [0, 0.05) is 6.42 Å². The summed E-state index contributed by atoms with van der Waals surface area (Å²) < 4.78 is 11.2. The van der Waals surface area contributed by atoms with Gasteiger partial charge in [-0.3, -0.25) is 4.79 Å². The molecule has 1 saturated heterocycles. The molecule has 1 heterocycles. The number of carbonyl (C=O) groups is 1. The SMILES string of the molecule is CCCCCCCCCCCCCCCCCCCCCCCCCCCC(=O)N[C@@H](CO[C@@H]1O[C@H](CO)[C@@H](O)C(O)C1O)[C@H](O)[C@H](O)CCCCCCCCCCCC. The second-order valence-electron chi connectivity index (χ2n) is 18.5. The van der Waals surface area contributed by atoms with Crippen LogP contribution in [0.3, 0.4) is 0 Å². The van der Waals surface area contributed by atoms with E-state index in [2.05, 4.69) is 19.2 Å². The molecule has 0 bridgehead atoms. The number of rotatable bonds is 44. The molecular weight excluding hydrogens is 759 g/mol. The summed E-state index contributed by atoms with van der Waals surface area (Å²) in [6.07, 6.45) is 35.6. The molecule has 10 heteroatoms. The van der Waals surface area contributed by atoms with Crippen LogP contribution in [0.1, 0.15) is 251 Å². The van der Waals surface area contributed by atoms with E-state index in [1.165, 1.54) is 180 Å². The van der Waals surface area contributed by atoms with E-state index in [1.54, 1.807) is 0 Å². The van der Waals surface area contributed by atoms with Gasteiger partial charge >= 0.3 is 0 Å². The zero-order valence-corrected chi connectivity index (χ0v) is 39.1. The van der Waals surface area contributed by atoms with Crippen molar-refractivity contribution in [1.82, 2.24) is 5.32 Å². The van der Waals surface area contributed by atoms with E-state index >= 15 is 0 Å². The number of ether oxygens (including phenoxy) is 2. The van der Waals surface area contributed by atoms with Crippen LogP contribution in [0.4, 0.5) is 0 Å². The first-order valence-corrected chi connectivity index (χ1v) is 25.8. The predicted molar refractivity (Wildman–Crippen MR) is 246 cm³/mol. The molecule has 1 rings (SSSR count). The summed E-state index contributed by atoms with van der Waals surface area (Å²) in [6.45, 7) is 3.61. The van der Waals surface area contributed by atoms with Gasteiger partial charge in [-0.1, -0.05) is 232 Å². The Morgan fingerprint density at radius 3 is 1.23 bits per heavy atom. The van der Waals surface area contributed by atoms with Crippen LogP contribution in [-0.2, 0) is 14.3 Å². The summed E-state index contributed by atoms with van der Waals surface area (Å²) in [5.41, 5.74) is 0. The zero-order valence-electron chi connectivity index (χ0n) is 39.1. The maximum Gasteiger partial charge on any atom is 0.220 e. The van der Waals surface area contributed by atoms with Crippen LogP contribution >= 0.6 is 0 Å². The molecule has 1 aliphatic rings. The van der Waals surface area contributed by atoms with Gasteiger partial charge in [0.2, 0.25) is 5.91 Å². The van der Waals surface area contributed by atoms with Crippen LogP contribution in [0.2, 0.25) is 0 Å². The van der Waals surface area contributed by atoms with Crippen LogP contribution < -0.4 is 5.32 Å². The molecule has 0 aromatic carbocycles. The van der Waals surface area contributed by atoms with Crippen molar-refractivity contribution in [2.75, 3.05) is 13.2 Å². The molecule has 0 aliphatic carbocycles. The standard InChI is InChI=1S/C50H99NO9/c1-3-5-7-9-11-13-15-16-17-18-19-20-21-22-23-24-25-26-27-28-29-31-33-35-37-39-45(54)51-42(41-59-50-49(58)48(57)47(56)44(40-52)60-50)46(55)43(53)38-36-34-32-30-14-12-10-8-6-4-2/h42-44,46-50,52-53,55-58H,3-41H2,1-2H3,(H,51,54)/t42-,43+,44+,46-,47+,48?,49?,50+/m0/s1. The molecule has 1 amide bonds. The second kappa shape index (κ2) is 40.9. The van der Waals surface area contributed by atoms with Crippen LogP contribution in [0.15, 0.2) is 0 Å². The van der Waals surface area contributed by atoms with Crippen molar-refractivity contribution >= 4 is 5.91 Å². The zero-order chi connectivity index (χ0) is 43.9. The topological polar surface area (TPSA) is 169 Å². The molecule has 0 aromatic rings. The molecule has 7 N–H and O–H groups in total. The van der Waals surface area contributed by atoms with E-state index in [1.807, 2.05) is 0 Å². The highest BCUT2D eigenvalue weighted by Crippen LogP contribution is 2.23. The number of carbonyl (C=O) groups excluding carboxylic acids is 1. The van der Waals surface area contributed by atoms with Crippen LogP contribution in [0.5, 0.6) is 0 Å². The van der Waals surface area contributed by atoms with Gasteiger partial charge in [0.25, 0.3) is 0 Å². The lowest BCUT2D eigenvalue weighted by molar-refractivity contribution is -0.303. The number of aliphatic hydroxyl groups excluding tert-OH is 6. The fourth-order valence-electron chi connectivity index (χ4n) is 8.61. The van der Waals surface area contributed by atoms with Crippen molar-refractivity contribution in [3.8, 4) is 0 Å². The number of hydrogen-bond acceptors (Lipinski definition) is 9. The summed E-state index contributed by atoms with van der Waals surface area (Å²) in [5.74, 6) is -0.253. The van der Waals surface area contributed by atoms with Crippen molar-refractivity contribution in [3.05, 3.63) is 0 Å². The molecular formula is C50H99NO9. The molecule has 1 fully saturated rings. The average molecular weight is 858 g/mol. The van der Waals surface area contributed by atoms with E-state index in [0.717, 1.165) is 44.9 Å². The van der Waals surface area contributed by atoms with E-state index in [-0.39, 0.29) is 18.9 Å². The van der Waals surface area contributed by atoms with Gasteiger partial charge in [0.15, 0.2) is 6.29 Å². The smallest absolute Gasteiger partial charge is 0.220 e. The number of aliphatic hydroxyl groups is 6. The number of hydrogen-bond donors (Lipinski definition) is 7. The largest absolute Gasteiger partial charge is 0.394 e. The van der Waals surface area contributed by atoms with Crippen LogP contribution in [-0.4, -0.2) is 98.7 Å². The Hall–Kier alpha value is -0.850. The Balaban J connectivity index is 2.22. The fourth-order valence-corrected chi connectivity index (χ4v) is 8.61. The van der Waals surface area contributed by atoms with Gasteiger partial charge in [-0.2, -0.15) is 0 Å². The highest BCUT2D eigenvalue weighted by molar-refractivity contribution is 5.76. The van der Waals surface area contributed by atoms with Crippen molar-refractivity contribution in [2.45, 2.75) is 300 Å². The third-order valence-corrected chi connectivity index (χ3v) is 12.8. The van der Waals surface area contributed by atoms with Crippen LogP contribution in [0.25, 0.3) is 0 Å². The molecule has 2 unspecified atom stereocenters. The minimum Gasteiger partial charge on any atom is -0.394 e. The van der Waals surface area contributed by atoms with Crippen molar-refractivity contribution in [3.63, 3.8) is 0 Å². The summed E-state index contributed by atoms with van der Waals surface area (Å²) in [6, 6.07) is -0.984. The molecule has 358 valence electrons. The second-order valence-corrected chi connectivity index (χ2v) is 18.5. The van der Waals surface area contributed by atoms with E-state index in [9.17, 15) is 35.4 Å². The Labute approximate surface area is 368 Å². The van der Waals surface area contributed by atoms with Gasteiger partial charge in [-0.15, -0.1) is 0 Å². The number of nitrogens with one attached hydrogen (secondary N) is 1. The maximum atomic E-state index is 13.0. The highest BCUT2D eigenvalue weighted by atomic mass is 16.7. The third kappa shape index (κ3) is 30.3. The Morgan fingerprint density at radius 2 is 0.867 bits per heavy atom. The van der Waals surface area contributed by atoms with Crippen molar-refractivity contribution < 1.29 is 44.9 Å². The summed E-state index contributed by atoms with van der Waals surface area (Å²) >= 11 is 0. The monoisotopic (exact) mass is 858 g/mol. The van der Waals surface area contributed by atoms with Crippen molar-refractivity contribution in [1.29, 1.82) is 0 Å². The normalized spacial score (nSPS) is 21.0. The Bertz CT molecular complexity index is 926. The van der Waals surface area contributed by atoms with E-state index in [0.29, 0.717) is 6.42 Å². The molecule has 10 nitrogen and oxygen atoms in total. The van der Waals surface area contributed by atoms with Gasteiger partial charge < -0.3 is 45.4 Å². The molecule has 0 radical (unpaired) electrons. The first kappa shape index (κ1) is 57.2. The fraction of sp³-hybridized carbons (Fsp3) is 0.980. The predicted octanol–water partition coefficient (Wildman–Crippen LogP) is 10.5. The average Bonchev–Trinajstić information content (AvgIpc) is 3.25. The van der Waals surface area contributed by atoms with Gasteiger partial charge in [-0.05, 0) is 12.8 Å². The molecule has 0 aromatic heterocycles. The van der Waals surface area contributed by atoms with Crippen molar-refractivity contribution in [2.24, 2.45) is 0 Å². The molecule has 0 spiro atoms. The molecule has 8 atom stereocenters. The molecule has 60 heavy (non-hydrogen) atoms. The first-order chi connectivity index (χ1) is 29.3.